The fourth-order valence-electron chi connectivity index (χ4n) is 3.43. The van der Waals surface area contributed by atoms with Crippen LogP contribution in [-0.2, 0) is 10.0 Å². The van der Waals surface area contributed by atoms with E-state index in [2.05, 4.69) is 10.0 Å². The predicted octanol–water partition coefficient (Wildman–Crippen LogP) is 4.12. The van der Waals surface area contributed by atoms with E-state index in [0.717, 1.165) is 0 Å². The van der Waals surface area contributed by atoms with Gasteiger partial charge in [-0.15, -0.1) is 0 Å². The average molecular weight is 484 g/mol. The smallest absolute Gasteiger partial charge is 0.285 e. The minimum absolute atomic E-state index is 0.0147. The monoisotopic (exact) mass is 483 g/mol. The SMILES string of the molecule is Cc1cccc(C(=O)Nc2ccc(NS(=O)(=O)c3ccc4c(c3)OCCCO4)cc2)c1[N+](=O)[O-]. The lowest BCUT2D eigenvalue weighted by Crippen LogP contribution is -2.15. The van der Waals surface area contributed by atoms with Gasteiger partial charge in [-0.1, -0.05) is 12.1 Å². The molecule has 0 unspecified atom stereocenters. The molecular formula is C23H21N3O7S. The number of rotatable bonds is 6. The molecule has 4 rings (SSSR count). The molecule has 10 nitrogen and oxygen atoms in total. The van der Waals surface area contributed by atoms with Crippen molar-refractivity contribution < 1.29 is 27.6 Å². The Morgan fingerprint density at radius 3 is 2.35 bits per heavy atom. The zero-order valence-electron chi connectivity index (χ0n) is 18.1. The number of para-hydroxylation sites is 1. The molecule has 0 saturated carbocycles. The summed E-state index contributed by atoms with van der Waals surface area (Å²) in [5, 5.41) is 13.9. The lowest BCUT2D eigenvalue weighted by molar-refractivity contribution is -0.385. The van der Waals surface area contributed by atoms with Crippen molar-refractivity contribution >= 4 is 33.0 Å². The predicted molar refractivity (Wildman–Crippen MR) is 125 cm³/mol. The molecule has 0 saturated heterocycles. The number of benzene rings is 3. The molecule has 34 heavy (non-hydrogen) atoms. The molecule has 1 aliphatic heterocycles. The molecule has 0 bridgehead atoms. The van der Waals surface area contributed by atoms with Crippen molar-refractivity contribution in [1.82, 2.24) is 0 Å². The Labute approximate surface area is 195 Å². The zero-order chi connectivity index (χ0) is 24.3. The Bertz CT molecular complexity index is 1360. The first kappa shape index (κ1) is 23.1. The van der Waals surface area contributed by atoms with E-state index in [1.807, 2.05) is 0 Å². The number of nitro benzene ring substituents is 1. The van der Waals surface area contributed by atoms with Gasteiger partial charge >= 0.3 is 0 Å². The molecule has 176 valence electrons. The molecule has 1 heterocycles. The Balaban J connectivity index is 1.48. The van der Waals surface area contributed by atoms with Gasteiger partial charge in [-0.3, -0.25) is 19.6 Å². The van der Waals surface area contributed by atoms with Crippen LogP contribution in [0.25, 0.3) is 0 Å². The van der Waals surface area contributed by atoms with Gasteiger partial charge < -0.3 is 14.8 Å². The summed E-state index contributed by atoms with van der Waals surface area (Å²) in [7, 11) is -3.91. The van der Waals surface area contributed by atoms with E-state index in [9.17, 15) is 23.3 Å². The second-order valence-corrected chi connectivity index (χ2v) is 9.21. The Kier molecular flexibility index (Phi) is 6.37. The van der Waals surface area contributed by atoms with Crippen LogP contribution in [0.5, 0.6) is 11.5 Å². The summed E-state index contributed by atoms with van der Waals surface area (Å²) in [5.41, 5.74) is 0.659. The van der Waals surface area contributed by atoms with Gasteiger partial charge in [0.05, 0.1) is 23.0 Å². The molecule has 0 radical (unpaired) electrons. The molecule has 0 fully saturated rings. The number of ether oxygens (including phenoxy) is 2. The number of hydrogen-bond donors (Lipinski definition) is 2. The number of fused-ring (bicyclic) bond motifs is 1. The molecule has 0 atom stereocenters. The first-order valence-corrected chi connectivity index (χ1v) is 11.8. The lowest BCUT2D eigenvalue weighted by atomic mass is 10.1. The van der Waals surface area contributed by atoms with Crippen molar-refractivity contribution in [2.75, 3.05) is 23.3 Å². The van der Waals surface area contributed by atoms with Crippen molar-refractivity contribution in [2.45, 2.75) is 18.2 Å². The Hall–Kier alpha value is -4.12. The number of sulfonamides is 1. The number of amides is 1. The first-order chi connectivity index (χ1) is 16.2. The minimum atomic E-state index is -3.91. The summed E-state index contributed by atoms with van der Waals surface area (Å²) >= 11 is 0. The lowest BCUT2D eigenvalue weighted by Gasteiger charge is -2.12. The Morgan fingerprint density at radius 2 is 1.65 bits per heavy atom. The quantitative estimate of drug-likeness (QED) is 0.397. The minimum Gasteiger partial charge on any atom is -0.490 e. The van der Waals surface area contributed by atoms with Gasteiger partial charge in [0, 0.05) is 29.4 Å². The van der Waals surface area contributed by atoms with Gasteiger partial charge in [0.2, 0.25) is 0 Å². The summed E-state index contributed by atoms with van der Waals surface area (Å²) in [6, 6.07) is 14.8. The second-order valence-electron chi connectivity index (χ2n) is 7.52. The molecule has 0 spiro atoms. The van der Waals surface area contributed by atoms with Gasteiger partial charge in [0.15, 0.2) is 11.5 Å². The molecule has 0 aliphatic carbocycles. The number of hydrogen-bond acceptors (Lipinski definition) is 7. The van der Waals surface area contributed by atoms with Crippen LogP contribution in [0.3, 0.4) is 0 Å². The van der Waals surface area contributed by atoms with Crippen LogP contribution in [0.1, 0.15) is 22.3 Å². The Morgan fingerprint density at radius 1 is 0.971 bits per heavy atom. The normalized spacial score (nSPS) is 13.0. The van der Waals surface area contributed by atoms with Crippen molar-refractivity contribution in [3.05, 3.63) is 81.9 Å². The van der Waals surface area contributed by atoms with Crippen LogP contribution >= 0.6 is 0 Å². The third-order valence-electron chi connectivity index (χ3n) is 5.09. The van der Waals surface area contributed by atoms with Gasteiger partial charge in [-0.05, 0) is 49.4 Å². The van der Waals surface area contributed by atoms with Crippen LogP contribution in [0.15, 0.2) is 65.6 Å². The highest BCUT2D eigenvalue weighted by molar-refractivity contribution is 7.92. The fourth-order valence-corrected chi connectivity index (χ4v) is 4.50. The number of aryl methyl sites for hydroxylation is 1. The van der Waals surface area contributed by atoms with Gasteiger partial charge in [-0.25, -0.2) is 8.42 Å². The molecule has 3 aromatic carbocycles. The van der Waals surface area contributed by atoms with Crippen LogP contribution in [-0.4, -0.2) is 32.5 Å². The van der Waals surface area contributed by atoms with E-state index in [-0.39, 0.29) is 21.8 Å². The van der Waals surface area contributed by atoms with Crippen molar-refractivity contribution in [3.63, 3.8) is 0 Å². The van der Waals surface area contributed by atoms with E-state index in [0.29, 0.717) is 42.4 Å². The fraction of sp³-hybridized carbons (Fsp3) is 0.174. The maximum absolute atomic E-state index is 12.8. The first-order valence-electron chi connectivity index (χ1n) is 10.3. The van der Waals surface area contributed by atoms with Gasteiger partial charge in [0.1, 0.15) is 5.56 Å². The van der Waals surface area contributed by atoms with Crippen LogP contribution in [0.2, 0.25) is 0 Å². The van der Waals surface area contributed by atoms with E-state index in [4.69, 9.17) is 9.47 Å². The topological polar surface area (TPSA) is 137 Å². The van der Waals surface area contributed by atoms with Gasteiger partial charge in [0.25, 0.3) is 21.6 Å². The molecule has 1 aliphatic rings. The highest BCUT2D eigenvalue weighted by atomic mass is 32.2. The molecule has 0 aromatic heterocycles. The number of carbonyl (C=O) groups is 1. The maximum atomic E-state index is 12.8. The second kappa shape index (κ2) is 9.40. The van der Waals surface area contributed by atoms with Gasteiger partial charge in [-0.2, -0.15) is 0 Å². The standard InChI is InChI=1S/C23H21N3O7S/c1-15-4-2-5-19(22(15)26(28)29)23(27)24-16-6-8-17(9-7-16)25-34(30,31)18-10-11-20-21(14-18)33-13-3-12-32-20/h2,4-11,14,25H,3,12-13H2,1H3,(H,24,27). The molecule has 2 N–H and O–H groups in total. The van der Waals surface area contributed by atoms with Crippen molar-refractivity contribution in [3.8, 4) is 11.5 Å². The number of nitrogens with zero attached hydrogens (tertiary/aromatic N) is 1. The molecule has 1 amide bonds. The highest BCUT2D eigenvalue weighted by Gasteiger charge is 2.23. The van der Waals surface area contributed by atoms with E-state index >= 15 is 0 Å². The van der Waals surface area contributed by atoms with Crippen LogP contribution < -0.4 is 19.5 Å². The summed E-state index contributed by atoms with van der Waals surface area (Å²) < 4.78 is 39.2. The number of nitro groups is 1. The average Bonchev–Trinajstić information content (AvgIpc) is 3.04. The number of anilines is 2. The van der Waals surface area contributed by atoms with E-state index in [1.165, 1.54) is 42.5 Å². The third kappa shape index (κ3) is 4.94. The third-order valence-corrected chi connectivity index (χ3v) is 6.47. The molecule has 3 aromatic rings. The largest absolute Gasteiger partial charge is 0.490 e. The van der Waals surface area contributed by atoms with Crippen molar-refractivity contribution in [2.24, 2.45) is 0 Å². The van der Waals surface area contributed by atoms with Crippen LogP contribution in [0, 0.1) is 17.0 Å². The van der Waals surface area contributed by atoms with E-state index < -0.39 is 20.9 Å². The van der Waals surface area contributed by atoms with Crippen LogP contribution in [0.4, 0.5) is 17.1 Å². The summed E-state index contributed by atoms with van der Waals surface area (Å²) in [5.74, 6) is 0.213. The highest BCUT2D eigenvalue weighted by Crippen LogP contribution is 2.32. The summed E-state index contributed by atoms with van der Waals surface area (Å²) in [4.78, 5) is 23.3. The zero-order valence-corrected chi connectivity index (χ0v) is 18.9. The molecule has 11 heteroatoms. The summed E-state index contributed by atoms with van der Waals surface area (Å²) in [6.07, 6.45) is 0.703. The summed E-state index contributed by atoms with van der Waals surface area (Å²) in [6.45, 7) is 2.49. The maximum Gasteiger partial charge on any atom is 0.285 e. The van der Waals surface area contributed by atoms with E-state index in [1.54, 1.807) is 25.1 Å². The number of nitrogens with one attached hydrogen (secondary N) is 2. The number of carbonyl (C=O) groups excluding carboxylic acids is 1. The molecular weight excluding hydrogens is 462 g/mol. The van der Waals surface area contributed by atoms with Crippen molar-refractivity contribution in [1.29, 1.82) is 0 Å².